The summed E-state index contributed by atoms with van der Waals surface area (Å²) in [7, 11) is 0. The van der Waals surface area contributed by atoms with Crippen molar-refractivity contribution < 1.29 is 5.11 Å². The molecule has 3 nitrogen and oxygen atoms in total. The van der Waals surface area contributed by atoms with Crippen LogP contribution in [0, 0.1) is 6.92 Å². The molecule has 0 spiro atoms. The molecule has 0 aliphatic heterocycles. The maximum Gasteiger partial charge on any atom is 0.0959 e. The number of aliphatic hydroxyl groups excluding tert-OH is 1. The number of aliphatic hydroxyl groups is 1. The molecule has 2 aromatic carbocycles. The zero-order valence-corrected chi connectivity index (χ0v) is 12.0. The summed E-state index contributed by atoms with van der Waals surface area (Å²) in [6.45, 7) is 2.97. The van der Waals surface area contributed by atoms with E-state index in [-0.39, 0.29) is 6.61 Å². The summed E-state index contributed by atoms with van der Waals surface area (Å²) in [5.41, 5.74) is 5.47. The van der Waals surface area contributed by atoms with Crippen molar-refractivity contribution in [2.45, 2.75) is 20.1 Å². The standard InChI is InChI=1S/C18H18N2O/c1-14-18(17-5-3-2-4-6-17)19-13-20(14)11-15-7-9-16(12-21)10-8-15/h2-10,13,21H,11-12H2,1H3. The number of nitrogens with zero attached hydrogens (tertiary/aromatic N) is 2. The highest BCUT2D eigenvalue weighted by atomic mass is 16.3. The van der Waals surface area contributed by atoms with Crippen LogP contribution in [0.15, 0.2) is 60.9 Å². The van der Waals surface area contributed by atoms with E-state index in [9.17, 15) is 0 Å². The van der Waals surface area contributed by atoms with Crippen LogP contribution in [-0.2, 0) is 13.2 Å². The van der Waals surface area contributed by atoms with Gasteiger partial charge in [-0.2, -0.15) is 0 Å². The van der Waals surface area contributed by atoms with Gasteiger partial charge in [-0.25, -0.2) is 4.98 Å². The molecular weight excluding hydrogens is 260 g/mol. The van der Waals surface area contributed by atoms with Gasteiger partial charge in [-0.05, 0) is 18.1 Å². The lowest BCUT2D eigenvalue weighted by molar-refractivity contribution is 0.282. The first kappa shape index (κ1) is 13.6. The highest BCUT2D eigenvalue weighted by molar-refractivity contribution is 5.61. The average Bonchev–Trinajstić information content (AvgIpc) is 2.90. The summed E-state index contributed by atoms with van der Waals surface area (Å²) < 4.78 is 2.15. The SMILES string of the molecule is Cc1c(-c2ccccc2)ncn1Cc1ccc(CO)cc1. The van der Waals surface area contributed by atoms with Gasteiger partial charge in [0.05, 0.1) is 18.6 Å². The van der Waals surface area contributed by atoms with E-state index in [1.165, 1.54) is 5.56 Å². The number of hydrogen-bond acceptors (Lipinski definition) is 2. The van der Waals surface area contributed by atoms with Crippen LogP contribution in [0.1, 0.15) is 16.8 Å². The van der Waals surface area contributed by atoms with E-state index in [0.717, 1.165) is 29.1 Å². The van der Waals surface area contributed by atoms with Gasteiger partial charge in [-0.1, -0.05) is 54.6 Å². The molecule has 3 rings (SSSR count). The van der Waals surface area contributed by atoms with Crippen LogP contribution < -0.4 is 0 Å². The Balaban J connectivity index is 1.85. The summed E-state index contributed by atoms with van der Waals surface area (Å²) in [6, 6.07) is 18.2. The fraction of sp³-hybridized carbons (Fsp3) is 0.167. The molecule has 21 heavy (non-hydrogen) atoms. The van der Waals surface area contributed by atoms with Gasteiger partial charge >= 0.3 is 0 Å². The van der Waals surface area contributed by atoms with E-state index in [1.807, 2.05) is 48.8 Å². The molecule has 0 aliphatic rings. The topological polar surface area (TPSA) is 38.0 Å². The predicted octanol–water partition coefficient (Wildman–Crippen LogP) is 3.40. The highest BCUT2D eigenvalue weighted by Crippen LogP contribution is 2.21. The Morgan fingerprint density at radius 2 is 1.62 bits per heavy atom. The molecule has 0 atom stereocenters. The lowest BCUT2D eigenvalue weighted by Crippen LogP contribution is -2.00. The Bertz CT molecular complexity index is 715. The molecule has 3 aromatic rings. The molecule has 0 saturated carbocycles. The monoisotopic (exact) mass is 278 g/mol. The van der Waals surface area contributed by atoms with Crippen molar-refractivity contribution in [3.05, 3.63) is 77.7 Å². The summed E-state index contributed by atoms with van der Waals surface area (Å²) >= 11 is 0. The first-order valence-corrected chi connectivity index (χ1v) is 7.04. The number of aromatic nitrogens is 2. The minimum atomic E-state index is 0.0859. The number of benzene rings is 2. The molecule has 0 amide bonds. The Labute approximate surface area is 124 Å². The molecule has 0 saturated heterocycles. The Hall–Kier alpha value is -2.39. The van der Waals surface area contributed by atoms with Gasteiger partial charge in [0.2, 0.25) is 0 Å². The number of rotatable bonds is 4. The van der Waals surface area contributed by atoms with Crippen molar-refractivity contribution in [3.8, 4) is 11.3 Å². The molecule has 3 heteroatoms. The minimum absolute atomic E-state index is 0.0859. The zero-order valence-electron chi connectivity index (χ0n) is 12.0. The maximum atomic E-state index is 9.08. The Morgan fingerprint density at radius 1 is 0.952 bits per heavy atom. The second-order valence-corrected chi connectivity index (χ2v) is 5.15. The Morgan fingerprint density at radius 3 is 2.29 bits per heavy atom. The minimum Gasteiger partial charge on any atom is -0.392 e. The molecule has 0 radical (unpaired) electrons. The van der Waals surface area contributed by atoms with Gasteiger partial charge < -0.3 is 9.67 Å². The normalized spacial score (nSPS) is 10.8. The molecule has 0 fully saturated rings. The van der Waals surface area contributed by atoms with E-state index < -0.39 is 0 Å². The second-order valence-electron chi connectivity index (χ2n) is 5.15. The van der Waals surface area contributed by atoms with Gasteiger partial charge in [-0.15, -0.1) is 0 Å². The molecule has 1 aromatic heterocycles. The smallest absolute Gasteiger partial charge is 0.0959 e. The highest BCUT2D eigenvalue weighted by Gasteiger charge is 2.08. The summed E-state index contributed by atoms with van der Waals surface area (Å²) in [5, 5.41) is 9.08. The van der Waals surface area contributed by atoms with E-state index in [0.29, 0.717) is 0 Å². The van der Waals surface area contributed by atoms with Gasteiger partial charge in [0.15, 0.2) is 0 Å². The third kappa shape index (κ3) is 2.88. The van der Waals surface area contributed by atoms with Crippen molar-refractivity contribution in [1.82, 2.24) is 9.55 Å². The van der Waals surface area contributed by atoms with Crippen LogP contribution in [0.2, 0.25) is 0 Å². The molecular formula is C18H18N2O. The zero-order chi connectivity index (χ0) is 14.7. The molecule has 0 aliphatic carbocycles. The van der Waals surface area contributed by atoms with E-state index >= 15 is 0 Å². The average molecular weight is 278 g/mol. The van der Waals surface area contributed by atoms with Gasteiger partial charge in [0, 0.05) is 17.8 Å². The third-order valence-electron chi connectivity index (χ3n) is 3.71. The fourth-order valence-corrected chi connectivity index (χ4v) is 2.43. The lowest BCUT2D eigenvalue weighted by Gasteiger charge is -2.07. The van der Waals surface area contributed by atoms with E-state index in [2.05, 4.69) is 28.6 Å². The first-order chi connectivity index (χ1) is 10.3. The maximum absolute atomic E-state index is 9.08. The van der Waals surface area contributed by atoms with Gasteiger partial charge in [-0.3, -0.25) is 0 Å². The molecule has 0 bridgehead atoms. The lowest BCUT2D eigenvalue weighted by atomic mass is 10.1. The fourth-order valence-electron chi connectivity index (χ4n) is 2.43. The summed E-state index contributed by atoms with van der Waals surface area (Å²) in [4.78, 5) is 4.54. The van der Waals surface area contributed by atoms with Gasteiger partial charge in [0.1, 0.15) is 0 Å². The largest absolute Gasteiger partial charge is 0.392 e. The van der Waals surface area contributed by atoms with Crippen molar-refractivity contribution in [2.75, 3.05) is 0 Å². The van der Waals surface area contributed by atoms with Crippen molar-refractivity contribution in [1.29, 1.82) is 0 Å². The summed E-state index contributed by atoms with van der Waals surface area (Å²) in [6.07, 6.45) is 1.89. The molecule has 1 heterocycles. The van der Waals surface area contributed by atoms with Crippen LogP contribution in [0.5, 0.6) is 0 Å². The Kier molecular flexibility index (Phi) is 3.84. The second kappa shape index (κ2) is 5.94. The third-order valence-corrected chi connectivity index (χ3v) is 3.71. The van der Waals surface area contributed by atoms with E-state index in [1.54, 1.807) is 0 Å². The van der Waals surface area contributed by atoms with Crippen molar-refractivity contribution in [3.63, 3.8) is 0 Å². The van der Waals surface area contributed by atoms with Crippen LogP contribution in [0.4, 0.5) is 0 Å². The first-order valence-electron chi connectivity index (χ1n) is 7.04. The van der Waals surface area contributed by atoms with Crippen molar-refractivity contribution >= 4 is 0 Å². The summed E-state index contributed by atoms with van der Waals surface area (Å²) in [5.74, 6) is 0. The molecule has 0 unspecified atom stereocenters. The van der Waals surface area contributed by atoms with Crippen LogP contribution in [0.25, 0.3) is 11.3 Å². The van der Waals surface area contributed by atoms with Crippen LogP contribution >= 0.6 is 0 Å². The number of hydrogen-bond donors (Lipinski definition) is 1. The molecule has 1 N–H and O–H groups in total. The molecule has 106 valence electrons. The van der Waals surface area contributed by atoms with Crippen molar-refractivity contribution in [2.24, 2.45) is 0 Å². The predicted molar refractivity (Wildman–Crippen MR) is 83.9 cm³/mol. The van der Waals surface area contributed by atoms with Gasteiger partial charge in [0.25, 0.3) is 0 Å². The van der Waals surface area contributed by atoms with E-state index in [4.69, 9.17) is 5.11 Å². The quantitative estimate of drug-likeness (QED) is 0.794. The van der Waals surface area contributed by atoms with Crippen LogP contribution in [0.3, 0.4) is 0 Å². The number of imidazole rings is 1. The van der Waals surface area contributed by atoms with Crippen LogP contribution in [-0.4, -0.2) is 14.7 Å².